The van der Waals surface area contributed by atoms with Gasteiger partial charge in [-0.15, -0.1) is 0 Å². The van der Waals surface area contributed by atoms with E-state index >= 15 is 0 Å². The summed E-state index contributed by atoms with van der Waals surface area (Å²) in [6.07, 6.45) is -2.89. The minimum atomic E-state index is -4.43. The number of benzene rings is 1. The molecule has 29 heavy (non-hydrogen) atoms. The number of rotatable bonds is 7. The summed E-state index contributed by atoms with van der Waals surface area (Å²) < 4.78 is 43.4. The number of amides is 3. The first-order valence-electron chi connectivity index (χ1n) is 9.50. The molecule has 1 aliphatic heterocycles. The highest BCUT2D eigenvalue weighted by Crippen LogP contribution is 2.29. The number of carbonyl (C=O) groups excluding carboxylic acids is 2. The Morgan fingerprint density at radius 2 is 1.90 bits per heavy atom. The maximum absolute atomic E-state index is 12.5. The van der Waals surface area contributed by atoms with Crippen LogP contribution in [-0.4, -0.2) is 48.4 Å². The summed E-state index contributed by atoms with van der Waals surface area (Å²) in [7, 11) is 0. The fourth-order valence-corrected chi connectivity index (χ4v) is 3.08. The molecule has 1 aromatic rings. The van der Waals surface area contributed by atoms with E-state index in [-0.39, 0.29) is 30.3 Å². The zero-order chi connectivity index (χ0) is 21.4. The van der Waals surface area contributed by atoms with Gasteiger partial charge in [0.05, 0.1) is 24.3 Å². The van der Waals surface area contributed by atoms with E-state index in [2.05, 4.69) is 16.0 Å². The number of aliphatic hydroxyl groups excluding tert-OH is 1. The third kappa shape index (κ3) is 7.21. The first-order valence-corrected chi connectivity index (χ1v) is 9.50. The van der Waals surface area contributed by atoms with Crippen LogP contribution in [0.4, 0.5) is 23.7 Å². The van der Waals surface area contributed by atoms with Crippen molar-refractivity contribution in [2.45, 2.75) is 57.0 Å². The van der Waals surface area contributed by atoms with Crippen LogP contribution in [0, 0.1) is 0 Å². The second-order valence-corrected chi connectivity index (χ2v) is 6.83. The van der Waals surface area contributed by atoms with E-state index in [0.29, 0.717) is 32.2 Å². The standard InChI is InChI=1S/C19H26F3N3O4/c1-2-17(27)25-15-8-7-14(29-16(15)11-26)9-10-23-18(28)24-13-5-3-12(4-6-13)19(20,21)22/h3-6,14-16,26H,2,7-11H2,1H3,(H,25,27)(H2,23,24,28)/t14-,15+,16+/m1/s1. The van der Waals surface area contributed by atoms with Crippen LogP contribution in [0.3, 0.4) is 0 Å². The van der Waals surface area contributed by atoms with Gasteiger partial charge in [-0.25, -0.2) is 4.79 Å². The highest BCUT2D eigenvalue weighted by Gasteiger charge is 2.31. The maximum atomic E-state index is 12.5. The van der Waals surface area contributed by atoms with Crippen molar-refractivity contribution in [1.29, 1.82) is 0 Å². The van der Waals surface area contributed by atoms with E-state index in [4.69, 9.17) is 4.74 Å². The van der Waals surface area contributed by atoms with E-state index in [9.17, 15) is 27.9 Å². The Morgan fingerprint density at radius 3 is 2.48 bits per heavy atom. The van der Waals surface area contributed by atoms with Gasteiger partial charge < -0.3 is 25.8 Å². The Labute approximate surface area is 167 Å². The summed E-state index contributed by atoms with van der Waals surface area (Å²) in [5.74, 6) is -0.0999. The second kappa shape index (κ2) is 10.4. The molecular weight excluding hydrogens is 391 g/mol. The molecule has 0 saturated carbocycles. The smallest absolute Gasteiger partial charge is 0.394 e. The fourth-order valence-electron chi connectivity index (χ4n) is 3.08. The zero-order valence-electron chi connectivity index (χ0n) is 16.1. The molecule has 0 radical (unpaired) electrons. The highest BCUT2D eigenvalue weighted by atomic mass is 19.4. The average Bonchev–Trinajstić information content (AvgIpc) is 2.68. The Bertz CT molecular complexity index is 682. The van der Waals surface area contributed by atoms with Crippen molar-refractivity contribution >= 4 is 17.6 Å². The molecule has 0 spiro atoms. The fraction of sp³-hybridized carbons (Fsp3) is 0.579. The Balaban J connectivity index is 1.73. The lowest BCUT2D eigenvalue weighted by Crippen LogP contribution is -2.51. The van der Waals surface area contributed by atoms with Crippen LogP contribution in [-0.2, 0) is 15.7 Å². The second-order valence-electron chi connectivity index (χ2n) is 6.83. The molecule has 1 aliphatic rings. The van der Waals surface area contributed by atoms with Crippen molar-refractivity contribution < 1.29 is 32.6 Å². The van der Waals surface area contributed by atoms with Gasteiger partial charge in [0.2, 0.25) is 5.91 Å². The summed E-state index contributed by atoms with van der Waals surface area (Å²) in [4.78, 5) is 23.4. The Kier molecular flexibility index (Phi) is 8.27. The first-order chi connectivity index (χ1) is 13.7. The lowest BCUT2D eigenvalue weighted by Gasteiger charge is -2.36. The van der Waals surface area contributed by atoms with Crippen molar-refractivity contribution in [3.05, 3.63) is 29.8 Å². The van der Waals surface area contributed by atoms with Crippen LogP contribution in [0.15, 0.2) is 24.3 Å². The molecule has 3 atom stereocenters. The number of halogens is 3. The molecule has 7 nitrogen and oxygen atoms in total. The van der Waals surface area contributed by atoms with Crippen molar-refractivity contribution in [3.8, 4) is 0 Å². The SMILES string of the molecule is CCC(=O)N[C@H]1CC[C@H](CCNC(=O)Nc2ccc(C(F)(F)F)cc2)O[C@H]1CO. The van der Waals surface area contributed by atoms with Crippen molar-refractivity contribution in [3.63, 3.8) is 0 Å². The van der Waals surface area contributed by atoms with Gasteiger partial charge in [-0.3, -0.25) is 4.79 Å². The van der Waals surface area contributed by atoms with E-state index in [1.165, 1.54) is 12.1 Å². The van der Waals surface area contributed by atoms with Crippen molar-refractivity contribution in [2.24, 2.45) is 0 Å². The molecule has 0 aromatic heterocycles. The molecule has 0 unspecified atom stereocenters. The number of carbonyl (C=O) groups is 2. The zero-order valence-corrected chi connectivity index (χ0v) is 16.1. The summed E-state index contributed by atoms with van der Waals surface area (Å²) >= 11 is 0. The number of hydrogen-bond acceptors (Lipinski definition) is 4. The average molecular weight is 417 g/mol. The normalized spacial score (nSPS) is 22.0. The lowest BCUT2D eigenvalue weighted by molar-refractivity contribution is -0.137. The topological polar surface area (TPSA) is 99.7 Å². The summed E-state index contributed by atoms with van der Waals surface area (Å²) in [6.45, 7) is 1.82. The molecule has 3 amide bonds. The van der Waals surface area contributed by atoms with E-state index in [0.717, 1.165) is 12.1 Å². The number of ether oxygens (including phenoxy) is 1. The number of urea groups is 1. The Hall–Kier alpha value is -2.33. The molecule has 1 aromatic carbocycles. The van der Waals surface area contributed by atoms with E-state index in [1.807, 2.05) is 0 Å². The van der Waals surface area contributed by atoms with Crippen LogP contribution < -0.4 is 16.0 Å². The molecule has 4 N–H and O–H groups in total. The number of anilines is 1. The van der Waals surface area contributed by atoms with Gasteiger partial charge in [0.25, 0.3) is 0 Å². The minimum absolute atomic E-state index is 0.0999. The third-order valence-electron chi connectivity index (χ3n) is 4.69. The van der Waals surface area contributed by atoms with Gasteiger partial charge in [-0.05, 0) is 43.5 Å². The van der Waals surface area contributed by atoms with Crippen LogP contribution in [0.25, 0.3) is 0 Å². The van der Waals surface area contributed by atoms with Gasteiger partial charge in [0, 0.05) is 18.7 Å². The number of alkyl halides is 3. The van der Waals surface area contributed by atoms with Crippen LogP contribution in [0.2, 0.25) is 0 Å². The first kappa shape index (κ1) is 23.0. The van der Waals surface area contributed by atoms with E-state index in [1.54, 1.807) is 6.92 Å². The predicted octanol–water partition coefficient (Wildman–Crippen LogP) is 2.65. The molecule has 1 fully saturated rings. The third-order valence-corrected chi connectivity index (χ3v) is 4.69. The quantitative estimate of drug-likeness (QED) is 0.548. The van der Waals surface area contributed by atoms with Gasteiger partial charge in [0.1, 0.15) is 6.10 Å². The minimum Gasteiger partial charge on any atom is -0.394 e. The summed E-state index contributed by atoms with van der Waals surface area (Å²) in [6, 6.07) is 3.39. The van der Waals surface area contributed by atoms with Crippen LogP contribution in [0.5, 0.6) is 0 Å². The molecule has 0 aliphatic carbocycles. The molecular formula is C19H26F3N3O4. The predicted molar refractivity (Wildman–Crippen MR) is 100 cm³/mol. The highest BCUT2D eigenvalue weighted by molar-refractivity contribution is 5.89. The largest absolute Gasteiger partial charge is 0.416 e. The van der Waals surface area contributed by atoms with Crippen molar-refractivity contribution in [1.82, 2.24) is 10.6 Å². The lowest BCUT2D eigenvalue weighted by atomic mass is 9.97. The number of aliphatic hydroxyl groups is 1. The van der Waals surface area contributed by atoms with Gasteiger partial charge in [-0.1, -0.05) is 6.92 Å². The van der Waals surface area contributed by atoms with Gasteiger partial charge >= 0.3 is 12.2 Å². The van der Waals surface area contributed by atoms with Crippen molar-refractivity contribution in [2.75, 3.05) is 18.5 Å². The molecule has 1 heterocycles. The summed E-state index contributed by atoms with van der Waals surface area (Å²) in [5.41, 5.74) is -0.538. The Morgan fingerprint density at radius 1 is 1.21 bits per heavy atom. The van der Waals surface area contributed by atoms with Crippen LogP contribution >= 0.6 is 0 Å². The monoisotopic (exact) mass is 417 g/mol. The molecule has 10 heteroatoms. The molecule has 162 valence electrons. The maximum Gasteiger partial charge on any atom is 0.416 e. The molecule has 0 bridgehead atoms. The summed E-state index contributed by atoms with van der Waals surface area (Å²) in [5, 5.41) is 17.4. The number of hydrogen-bond donors (Lipinski definition) is 4. The number of nitrogens with one attached hydrogen (secondary N) is 3. The molecule has 2 rings (SSSR count). The van der Waals surface area contributed by atoms with Crippen LogP contribution in [0.1, 0.15) is 38.2 Å². The van der Waals surface area contributed by atoms with E-state index < -0.39 is 23.9 Å². The van der Waals surface area contributed by atoms with Gasteiger partial charge in [0.15, 0.2) is 0 Å². The van der Waals surface area contributed by atoms with Gasteiger partial charge in [-0.2, -0.15) is 13.2 Å². The molecule has 1 saturated heterocycles.